The van der Waals surface area contributed by atoms with Gasteiger partial charge in [0.1, 0.15) is 5.82 Å². The van der Waals surface area contributed by atoms with Crippen LogP contribution in [-0.2, 0) is 0 Å². The first-order chi connectivity index (χ1) is 9.23. The van der Waals surface area contributed by atoms with E-state index < -0.39 is 0 Å². The van der Waals surface area contributed by atoms with E-state index in [1.807, 2.05) is 6.07 Å². The highest BCUT2D eigenvalue weighted by molar-refractivity contribution is 6.30. The third kappa shape index (κ3) is 2.48. The Bertz CT molecular complexity index is 482. The summed E-state index contributed by atoms with van der Waals surface area (Å²) in [5.74, 6) is 0.224. The number of hydrogen-bond donors (Lipinski definition) is 1. The molecule has 1 aromatic carbocycles. The molecule has 20 heavy (non-hydrogen) atoms. The van der Waals surface area contributed by atoms with E-state index in [9.17, 15) is 4.39 Å². The molecule has 0 aliphatic heterocycles. The van der Waals surface area contributed by atoms with Gasteiger partial charge in [0.25, 0.3) is 0 Å². The molecule has 1 aliphatic rings. The molecule has 1 aromatic rings. The van der Waals surface area contributed by atoms with E-state index in [2.05, 4.69) is 39.9 Å². The van der Waals surface area contributed by atoms with Crippen LogP contribution in [0.5, 0.6) is 0 Å². The zero-order valence-corrected chi connectivity index (χ0v) is 13.8. The molecule has 0 heterocycles. The second-order valence-corrected chi connectivity index (χ2v) is 7.46. The fourth-order valence-corrected chi connectivity index (χ4v) is 3.70. The Morgan fingerprint density at radius 1 is 1.25 bits per heavy atom. The first-order valence-electron chi connectivity index (χ1n) is 7.41. The molecule has 112 valence electrons. The molecule has 1 atom stereocenters. The normalized spacial score (nSPS) is 21.8. The van der Waals surface area contributed by atoms with Gasteiger partial charge in [-0.1, -0.05) is 52.3 Å². The van der Waals surface area contributed by atoms with Crippen molar-refractivity contribution in [2.75, 3.05) is 6.54 Å². The summed E-state index contributed by atoms with van der Waals surface area (Å²) in [4.78, 5) is 0. The number of hydrogen-bond acceptors (Lipinski definition) is 1. The molecule has 1 nitrogen and oxygen atoms in total. The Balaban J connectivity index is 2.34. The first-order valence-corrected chi connectivity index (χ1v) is 7.79. The number of benzene rings is 1. The Hall–Kier alpha value is -0.600. The zero-order valence-electron chi connectivity index (χ0n) is 13.1. The van der Waals surface area contributed by atoms with E-state index in [0.717, 1.165) is 18.5 Å². The molecule has 1 aliphatic carbocycles. The summed E-state index contributed by atoms with van der Waals surface area (Å²) >= 11 is 5.87. The predicted octanol–water partition coefficient (Wildman–Crippen LogP) is 5.20. The van der Waals surface area contributed by atoms with E-state index in [1.165, 1.54) is 6.07 Å². The lowest BCUT2D eigenvalue weighted by Crippen LogP contribution is -2.27. The van der Waals surface area contributed by atoms with Crippen molar-refractivity contribution in [1.29, 1.82) is 0 Å². The largest absolute Gasteiger partial charge is 0.310 e. The Labute approximate surface area is 126 Å². The highest BCUT2D eigenvalue weighted by atomic mass is 35.5. The Morgan fingerprint density at radius 3 is 2.30 bits per heavy atom. The van der Waals surface area contributed by atoms with Gasteiger partial charge in [0.15, 0.2) is 0 Å². The summed E-state index contributed by atoms with van der Waals surface area (Å²) < 4.78 is 14.3. The number of halogens is 2. The SMILES string of the molecule is CCCNC(c1ccc(Cl)cc1F)C1C(C)(C)C1(C)C. The highest BCUT2D eigenvalue weighted by Gasteiger charge is 2.67. The predicted molar refractivity (Wildman–Crippen MR) is 83.5 cm³/mol. The fourth-order valence-electron chi connectivity index (χ4n) is 3.54. The standard InChI is InChI=1S/C17H25ClFN/c1-6-9-20-14(15-16(2,3)17(15,4)5)12-8-7-11(18)10-13(12)19/h7-8,10,14-15,20H,6,9H2,1-5H3. The van der Waals surface area contributed by atoms with Crippen LogP contribution in [0, 0.1) is 22.6 Å². The van der Waals surface area contributed by atoms with Crippen molar-refractivity contribution in [2.45, 2.75) is 47.1 Å². The zero-order chi connectivity index (χ0) is 15.1. The molecular formula is C17H25ClFN. The first kappa shape index (κ1) is 15.8. The number of nitrogens with one attached hydrogen (secondary N) is 1. The third-order valence-electron chi connectivity index (χ3n) is 5.38. The van der Waals surface area contributed by atoms with Crippen molar-refractivity contribution in [3.05, 3.63) is 34.6 Å². The third-order valence-corrected chi connectivity index (χ3v) is 5.61. The molecule has 0 aromatic heterocycles. The van der Waals surface area contributed by atoms with Crippen LogP contribution in [0.15, 0.2) is 18.2 Å². The molecule has 0 radical (unpaired) electrons. The maximum atomic E-state index is 14.3. The molecular weight excluding hydrogens is 273 g/mol. The van der Waals surface area contributed by atoms with Gasteiger partial charge >= 0.3 is 0 Å². The summed E-state index contributed by atoms with van der Waals surface area (Å²) in [7, 11) is 0. The lowest BCUT2D eigenvalue weighted by atomic mass is 9.96. The van der Waals surface area contributed by atoms with Gasteiger partial charge in [-0.15, -0.1) is 0 Å². The van der Waals surface area contributed by atoms with Crippen molar-refractivity contribution in [2.24, 2.45) is 16.7 Å². The molecule has 0 amide bonds. The van der Waals surface area contributed by atoms with E-state index in [1.54, 1.807) is 6.07 Å². The van der Waals surface area contributed by atoms with Crippen LogP contribution in [0.4, 0.5) is 4.39 Å². The molecule has 1 saturated carbocycles. The van der Waals surface area contributed by atoms with Gasteiger partial charge in [-0.25, -0.2) is 4.39 Å². The number of rotatable bonds is 5. The van der Waals surface area contributed by atoms with Crippen LogP contribution in [0.25, 0.3) is 0 Å². The van der Waals surface area contributed by atoms with Gasteiger partial charge in [-0.2, -0.15) is 0 Å². The minimum absolute atomic E-state index is 0.0530. The summed E-state index contributed by atoms with van der Waals surface area (Å²) in [5.41, 5.74) is 1.17. The van der Waals surface area contributed by atoms with Gasteiger partial charge in [-0.05, 0) is 41.8 Å². The van der Waals surface area contributed by atoms with Crippen molar-refractivity contribution >= 4 is 11.6 Å². The van der Waals surface area contributed by atoms with Gasteiger partial charge < -0.3 is 5.32 Å². The molecule has 1 fully saturated rings. The van der Waals surface area contributed by atoms with Gasteiger partial charge in [0.2, 0.25) is 0 Å². The van der Waals surface area contributed by atoms with Crippen LogP contribution in [0.3, 0.4) is 0 Å². The molecule has 0 bridgehead atoms. The van der Waals surface area contributed by atoms with Crippen LogP contribution in [-0.4, -0.2) is 6.54 Å². The summed E-state index contributed by atoms with van der Waals surface area (Å²) in [6.07, 6.45) is 1.04. The minimum atomic E-state index is -0.204. The summed E-state index contributed by atoms with van der Waals surface area (Å²) in [6.45, 7) is 12.1. The van der Waals surface area contributed by atoms with Gasteiger partial charge in [0, 0.05) is 16.6 Å². The van der Waals surface area contributed by atoms with Crippen molar-refractivity contribution in [3.8, 4) is 0 Å². The minimum Gasteiger partial charge on any atom is -0.310 e. The maximum absolute atomic E-state index is 14.3. The van der Waals surface area contributed by atoms with Gasteiger partial charge in [0.05, 0.1) is 0 Å². The summed E-state index contributed by atoms with van der Waals surface area (Å²) in [6, 6.07) is 5.08. The molecule has 0 saturated heterocycles. The van der Waals surface area contributed by atoms with E-state index in [-0.39, 0.29) is 22.7 Å². The maximum Gasteiger partial charge on any atom is 0.129 e. The smallest absolute Gasteiger partial charge is 0.129 e. The van der Waals surface area contributed by atoms with Crippen LogP contribution in [0.1, 0.15) is 52.6 Å². The average Bonchev–Trinajstić information content (AvgIpc) is 2.73. The van der Waals surface area contributed by atoms with E-state index in [0.29, 0.717) is 10.9 Å². The molecule has 2 rings (SSSR count). The lowest BCUT2D eigenvalue weighted by Gasteiger charge is -2.22. The van der Waals surface area contributed by atoms with Gasteiger partial charge in [-0.3, -0.25) is 0 Å². The van der Waals surface area contributed by atoms with Crippen LogP contribution >= 0.6 is 11.6 Å². The monoisotopic (exact) mass is 297 g/mol. The second kappa shape index (κ2) is 5.31. The van der Waals surface area contributed by atoms with E-state index >= 15 is 0 Å². The molecule has 1 unspecified atom stereocenters. The van der Waals surface area contributed by atoms with Crippen LogP contribution < -0.4 is 5.32 Å². The van der Waals surface area contributed by atoms with Crippen molar-refractivity contribution in [1.82, 2.24) is 5.32 Å². The van der Waals surface area contributed by atoms with Crippen LogP contribution in [0.2, 0.25) is 5.02 Å². The topological polar surface area (TPSA) is 12.0 Å². The molecule has 1 N–H and O–H groups in total. The van der Waals surface area contributed by atoms with E-state index in [4.69, 9.17) is 11.6 Å². The molecule has 0 spiro atoms. The lowest BCUT2D eigenvalue weighted by molar-refractivity contribution is 0.396. The second-order valence-electron chi connectivity index (χ2n) is 7.02. The highest BCUT2D eigenvalue weighted by Crippen LogP contribution is 2.72. The fraction of sp³-hybridized carbons (Fsp3) is 0.647. The van der Waals surface area contributed by atoms with Crippen molar-refractivity contribution < 1.29 is 4.39 Å². The summed E-state index contributed by atoms with van der Waals surface area (Å²) in [5, 5.41) is 3.99. The quantitative estimate of drug-likeness (QED) is 0.787. The molecule has 3 heteroatoms. The van der Waals surface area contributed by atoms with Crippen molar-refractivity contribution in [3.63, 3.8) is 0 Å². The average molecular weight is 298 g/mol. The Kier molecular flexibility index (Phi) is 4.19. The Morgan fingerprint density at radius 2 is 1.85 bits per heavy atom.